The number of ether oxygens (including phenoxy) is 1. The molecular weight excluding hydrogens is 328 g/mol. The molecule has 0 radical (unpaired) electrons. The molecule has 2 aromatic rings. The first-order chi connectivity index (χ1) is 12.8. The zero-order valence-corrected chi connectivity index (χ0v) is 15.0. The molecule has 1 amide bonds. The van der Waals surface area contributed by atoms with Crippen molar-refractivity contribution in [3.8, 4) is 5.75 Å². The zero-order valence-electron chi connectivity index (χ0n) is 15.0. The highest BCUT2D eigenvalue weighted by atomic mass is 16.5. The maximum atomic E-state index is 12.5. The molecule has 1 aliphatic carbocycles. The average Bonchev–Trinajstić information content (AvgIpc) is 2.69. The van der Waals surface area contributed by atoms with Crippen LogP contribution in [0.2, 0.25) is 0 Å². The number of para-hydroxylation sites is 2. The van der Waals surface area contributed by atoms with Crippen molar-refractivity contribution in [1.29, 1.82) is 0 Å². The van der Waals surface area contributed by atoms with Crippen LogP contribution in [0.1, 0.15) is 42.6 Å². The Morgan fingerprint density at radius 3 is 2.92 bits per heavy atom. The van der Waals surface area contributed by atoms with E-state index in [1.54, 1.807) is 25.3 Å². The Balaban J connectivity index is 1.59. The number of anilines is 2. The summed E-state index contributed by atoms with van der Waals surface area (Å²) in [6.45, 7) is 0.802. The molecule has 0 fully saturated rings. The SMILES string of the molecule is COc1ccccc1NC(=O)c1cc(NCCC2=CCCCC2)ncn1. The minimum Gasteiger partial charge on any atom is -0.495 e. The van der Waals surface area contributed by atoms with Crippen molar-refractivity contribution >= 4 is 17.4 Å². The van der Waals surface area contributed by atoms with E-state index in [0.29, 0.717) is 22.9 Å². The van der Waals surface area contributed by atoms with E-state index >= 15 is 0 Å². The lowest BCUT2D eigenvalue weighted by Crippen LogP contribution is -2.15. The number of nitrogens with zero attached hydrogens (tertiary/aromatic N) is 2. The van der Waals surface area contributed by atoms with Crippen LogP contribution in [0.25, 0.3) is 0 Å². The van der Waals surface area contributed by atoms with Gasteiger partial charge in [-0.3, -0.25) is 4.79 Å². The Hall–Kier alpha value is -2.89. The van der Waals surface area contributed by atoms with Crippen molar-refractivity contribution in [2.24, 2.45) is 0 Å². The second kappa shape index (κ2) is 8.99. The van der Waals surface area contributed by atoms with Crippen LogP contribution in [0.15, 0.2) is 48.3 Å². The summed E-state index contributed by atoms with van der Waals surface area (Å²) in [6, 6.07) is 8.94. The summed E-state index contributed by atoms with van der Waals surface area (Å²) in [5.74, 6) is 0.963. The standard InChI is InChI=1S/C20H24N4O2/c1-26-18-10-6-5-9-16(18)24-20(25)17-13-19(23-14-22-17)21-12-11-15-7-3-2-4-8-15/h5-7,9-10,13-14H,2-4,8,11-12H2,1H3,(H,24,25)(H,21,22,23). The molecule has 6 nitrogen and oxygen atoms in total. The highest BCUT2D eigenvalue weighted by Crippen LogP contribution is 2.23. The van der Waals surface area contributed by atoms with Gasteiger partial charge < -0.3 is 15.4 Å². The van der Waals surface area contributed by atoms with Gasteiger partial charge in [0, 0.05) is 12.6 Å². The predicted octanol–water partition coefficient (Wildman–Crippen LogP) is 4.04. The lowest BCUT2D eigenvalue weighted by atomic mass is 9.97. The monoisotopic (exact) mass is 352 g/mol. The van der Waals surface area contributed by atoms with Gasteiger partial charge in [0.05, 0.1) is 12.8 Å². The van der Waals surface area contributed by atoms with E-state index in [4.69, 9.17) is 4.74 Å². The summed E-state index contributed by atoms with van der Waals surface area (Å²) in [6.07, 6.45) is 9.72. The summed E-state index contributed by atoms with van der Waals surface area (Å²) in [5, 5.41) is 6.10. The Bertz CT molecular complexity index is 789. The summed E-state index contributed by atoms with van der Waals surface area (Å²) in [7, 11) is 1.57. The second-order valence-electron chi connectivity index (χ2n) is 6.23. The van der Waals surface area contributed by atoms with Gasteiger partial charge in [-0.25, -0.2) is 9.97 Å². The van der Waals surface area contributed by atoms with Gasteiger partial charge >= 0.3 is 0 Å². The molecular formula is C20H24N4O2. The zero-order chi connectivity index (χ0) is 18.2. The highest BCUT2D eigenvalue weighted by Gasteiger charge is 2.12. The van der Waals surface area contributed by atoms with Gasteiger partial charge in [-0.05, 0) is 44.2 Å². The maximum Gasteiger partial charge on any atom is 0.274 e. The fraction of sp³-hybridized carbons (Fsp3) is 0.350. The van der Waals surface area contributed by atoms with Gasteiger partial charge in [0.2, 0.25) is 0 Å². The number of allylic oxidation sites excluding steroid dienone is 1. The molecule has 0 unspecified atom stereocenters. The fourth-order valence-corrected chi connectivity index (χ4v) is 3.00. The van der Waals surface area contributed by atoms with Gasteiger partial charge in [-0.2, -0.15) is 0 Å². The summed E-state index contributed by atoms with van der Waals surface area (Å²) >= 11 is 0. The largest absolute Gasteiger partial charge is 0.495 e. The number of aromatic nitrogens is 2. The van der Waals surface area contributed by atoms with Crippen LogP contribution in [0, 0.1) is 0 Å². The second-order valence-corrected chi connectivity index (χ2v) is 6.23. The van der Waals surface area contributed by atoms with Crippen molar-refractivity contribution in [1.82, 2.24) is 9.97 Å². The Labute approximate surface area is 153 Å². The summed E-state index contributed by atoms with van der Waals surface area (Å²) in [5.41, 5.74) is 2.43. The molecule has 0 atom stereocenters. The molecule has 0 saturated heterocycles. The van der Waals surface area contributed by atoms with Crippen molar-refractivity contribution in [3.05, 3.63) is 54.0 Å². The molecule has 3 rings (SSSR count). The van der Waals surface area contributed by atoms with Crippen LogP contribution in [0.4, 0.5) is 11.5 Å². The topological polar surface area (TPSA) is 76.1 Å². The minimum absolute atomic E-state index is 0.296. The average molecular weight is 352 g/mol. The number of hydrogen-bond acceptors (Lipinski definition) is 5. The first-order valence-corrected chi connectivity index (χ1v) is 8.94. The van der Waals surface area contributed by atoms with Gasteiger partial charge in [-0.1, -0.05) is 23.8 Å². The molecule has 0 aliphatic heterocycles. The van der Waals surface area contributed by atoms with Crippen molar-refractivity contribution < 1.29 is 9.53 Å². The van der Waals surface area contributed by atoms with Gasteiger partial charge in [0.1, 0.15) is 23.6 Å². The number of nitrogens with one attached hydrogen (secondary N) is 2. The molecule has 0 spiro atoms. The van der Waals surface area contributed by atoms with E-state index in [0.717, 1.165) is 13.0 Å². The molecule has 1 heterocycles. The van der Waals surface area contributed by atoms with Gasteiger partial charge in [0.25, 0.3) is 5.91 Å². The lowest BCUT2D eigenvalue weighted by molar-refractivity contribution is 0.102. The Morgan fingerprint density at radius 2 is 2.12 bits per heavy atom. The lowest BCUT2D eigenvalue weighted by Gasteiger charge is -2.13. The molecule has 1 aromatic heterocycles. The molecule has 136 valence electrons. The molecule has 6 heteroatoms. The number of benzene rings is 1. The van der Waals surface area contributed by atoms with Crippen molar-refractivity contribution in [2.45, 2.75) is 32.1 Å². The van der Waals surface area contributed by atoms with Crippen molar-refractivity contribution in [3.63, 3.8) is 0 Å². The number of amides is 1. The summed E-state index contributed by atoms with van der Waals surface area (Å²) in [4.78, 5) is 20.7. The van der Waals surface area contributed by atoms with E-state index in [9.17, 15) is 4.79 Å². The first kappa shape index (κ1) is 17.9. The van der Waals surface area contributed by atoms with E-state index in [-0.39, 0.29) is 5.91 Å². The maximum absolute atomic E-state index is 12.5. The van der Waals surface area contributed by atoms with E-state index in [1.165, 1.54) is 37.6 Å². The van der Waals surface area contributed by atoms with Crippen LogP contribution in [-0.4, -0.2) is 29.5 Å². The molecule has 26 heavy (non-hydrogen) atoms. The van der Waals surface area contributed by atoms with Crippen LogP contribution in [0.5, 0.6) is 5.75 Å². The van der Waals surface area contributed by atoms with Crippen LogP contribution >= 0.6 is 0 Å². The number of carbonyl (C=O) groups is 1. The minimum atomic E-state index is -0.296. The molecule has 0 saturated carbocycles. The smallest absolute Gasteiger partial charge is 0.274 e. The fourth-order valence-electron chi connectivity index (χ4n) is 3.00. The van der Waals surface area contributed by atoms with Crippen LogP contribution < -0.4 is 15.4 Å². The normalized spacial score (nSPS) is 13.7. The Morgan fingerprint density at radius 1 is 1.23 bits per heavy atom. The Kier molecular flexibility index (Phi) is 6.19. The van der Waals surface area contributed by atoms with E-state index < -0.39 is 0 Å². The summed E-state index contributed by atoms with van der Waals surface area (Å²) < 4.78 is 5.25. The van der Waals surface area contributed by atoms with E-state index in [1.807, 2.05) is 12.1 Å². The third-order valence-corrected chi connectivity index (χ3v) is 4.39. The van der Waals surface area contributed by atoms with Gasteiger partial charge in [-0.15, -0.1) is 0 Å². The molecule has 2 N–H and O–H groups in total. The third-order valence-electron chi connectivity index (χ3n) is 4.39. The first-order valence-electron chi connectivity index (χ1n) is 8.94. The molecule has 1 aromatic carbocycles. The number of rotatable bonds is 7. The third kappa shape index (κ3) is 4.81. The van der Waals surface area contributed by atoms with E-state index in [2.05, 4.69) is 26.7 Å². The quantitative estimate of drug-likeness (QED) is 0.736. The molecule has 1 aliphatic rings. The molecule has 0 bridgehead atoms. The van der Waals surface area contributed by atoms with Crippen LogP contribution in [0.3, 0.4) is 0 Å². The number of carbonyl (C=O) groups excluding carboxylic acids is 1. The van der Waals surface area contributed by atoms with Crippen LogP contribution in [-0.2, 0) is 0 Å². The van der Waals surface area contributed by atoms with Gasteiger partial charge in [0.15, 0.2) is 0 Å². The number of methoxy groups -OCH3 is 1. The highest BCUT2D eigenvalue weighted by molar-refractivity contribution is 6.04. The number of hydrogen-bond donors (Lipinski definition) is 2. The van der Waals surface area contributed by atoms with Crippen molar-refractivity contribution in [2.75, 3.05) is 24.3 Å². The predicted molar refractivity (Wildman–Crippen MR) is 103 cm³/mol.